The lowest BCUT2D eigenvalue weighted by atomic mass is 9.89. The second kappa shape index (κ2) is 5.35. The summed E-state index contributed by atoms with van der Waals surface area (Å²) in [6, 6.07) is 8.04. The minimum absolute atomic E-state index is 0.0917. The minimum atomic E-state index is -2.78. The fraction of sp³-hybridized carbons (Fsp3) is 0.600. The van der Waals surface area contributed by atoms with Gasteiger partial charge < -0.3 is 5.32 Å². The molecule has 18 heavy (non-hydrogen) atoms. The van der Waals surface area contributed by atoms with E-state index in [9.17, 15) is 8.78 Å². The Hall–Kier alpha value is -0.960. The van der Waals surface area contributed by atoms with Crippen molar-refractivity contribution >= 4 is 0 Å². The van der Waals surface area contributed by atoms with E-state index in [-0.39, 0.29) is 17.5 Å². The molecular formula is C15H21F2N. The molecule has 100 valence electrons. The van der Waals surface area contributed by atoms with E-state index >= 15 is 0 Å². The van der Waals surface area contributed by atoms with Gasteiger partial charge in [0.25, 0.3) is 5.92 Å². The van der Waals surface area contributed by atoms with Crippen molar-refractivity contribution < 1.29 is 8.78 Å². The summed E-state index contributed by atoms with van der Waals surface area (Å²) in [5.74, 6) is -2.78. The first-order valence-electron chi connectivity index (χ1n) is 6.66. The average Bonchev–Trinajstić information content (AvgIpc) is 2.77. The summed E-state index contributed by atoms with van der Waals surface area (Å²) in [6.07, 6.45) is 4.76. The maximum atomic E-state index is 13.9. The van der Waals surface area contributed by atoms with Crippen molar-refractivity contribution in [1.82, 2.24) is 5.32 Å². The van der Waals surface area contributed by atoms with Crippen LogP contribution in [0, 0.1) is 5.41 Å². The number of hydrogen-bond donors (Lipinski definition) is 1. The van der Waals surface area contributed by atoms with Gasteiger partial charge in [0.1, 0.15) is 0 Å². The summed E-state index contributed by atoms with van der Waals surface area (Å²) < 4.78 is 27.8. The molecule has 1 nitrogen and oxygen atoms in total. The Bertz CT molecular complexity index is 369. The van der Waals surface area contributed by atoms with E-state index in [2.05, 4.69) is 12.2 Å². The van der Waals surface area contributed by atoms with Crippen molar-refractivity contribution in [3.63, 3.8) is 0 Å². The van der Waals surface area contributed by atoms with Crippen LogP contribution in [0.2, 0.25) is 0 Å². The number of rotatable bonds is 5. The second-order valence-electron chi connectivity index (χ2n) is 5.69. The van der Waals surface area contributed by atoms with Crippen LogP contribution in [-0.4, -0.2) is 13.1 Å². The summed E-state index contributed by atoms with van der Waals surface area (Å²) >= 11 is 0. The normalized spacial score (nSPS) is 19.1. The van der Waals surface area contributed by atoms with Gasteiger partial charge >= 0.3 is 0 Å². The van der Waals surface area contributed by atoms with Crippen LogP contribution in [-0.2, 0) is 5.92 Å². The third-order valence-electron chi connectivity index (χ3n) is 3.91. The van der Waals surface area contributed by atoms with Gasteiger partial charge in [-0.05, 0) is 18.3 Å². The maximum absolute atomic E-state index is 13.9. The first kappa shape index (κ1) is 13.5. The molecule has 1 N–H and O–H groups in total. The molecular weight excluding hydrogens is 232 g/mol. The number of alkyl halides is 2. The largest absolute Gasteiger partial charge is 0.310 e. The van der Waals surface area contributed by atoms with Crippen LogP contribution in [0.15, 0.2) is 30.3 Å². The van der Waals surface area contributed by atoms with Crippen molar-refractivity contribution in [3.05, 3.63) is 35.9 Å². The first-order valence-corrected chi connectivity index (χ1v) is 6.66. The first-order chi connectivity index (χ1) is 8.52. The Labute approximate surface area is 108 Å². The zero-order valence-electron chi connectivity index (χ0n) is 10.9. The highest BCUT2D eigenvalue weighted by Crippen LogP contribution is 2.37. The van der Waals surface area contributed by atoms with Crippen LogP contribution < -0.4 is 5.32 Å². The number of nitrogens with one attached hydrogen (secondary N) is 1. The summed E-state index contributed by atoms with van der Waals surface area (Å²) in [6.45, 7) is 2.61. The molecule has 0 aliphatic heterocycles. The molecule has 0 amide bonds. The van der Waals surface area contributed by atoms with Crippen LogP contribution in [0.4, 0.5) is 8.78 Å². The third-order valence-corrected chi connectivity index (χ3v) is 3.91. The molecule has 1 aromatic carbocycles. The molecule has 1 aliphatic carbocycles. The summed E-state index contributed by atoms with van der Waals surface area (Å²) in [7, 11) is 0. The Kier molecular flexibility index (Phi) is 4.00. The van der Waals surface area contributed by atoms with E-state index in [4.69, 9.17) is 0 Å². The molecule has 1 fully saturated rings. The lowest BCUT2D eigenvalue weighted by Gasteiger charge is -2.26. The van der Waals surface area contributed by atoms with Crippen LogP contribution in [0.25, 0.3) is 0 Å². The van der Waals surface area contributed by atoms with Crippen LogP contribution >= 0.6 is 0 Å². The topological polar surface area (TPSA) is 12.0 Å². The predicted octanol–water partition coefficient (Wildman–Crippen LogP) is 3.95. The Morgan fingerprint density at radius 3 is 2.39 bits per heavy atom. The smallest absolute Gasteiger partial charge is 0.285 e. The molecule has 0 saturated heterocycles. The van der Waals surface area contributed by atoms with E-state index < -0.39 is 5.92 Å². The highest BCUT2D eigenvalue weighted by atomic mass is 19.3. The number of benzene rings is 1. The molecule has 1 aliphatic rings. The van der Waals surface area contributed by atoms with Crippen molar-refractivity contribution in [3.8, 4) is 0 Å². The SMILES string of the molecule is CC1(CNCC(F)(F)c2ccccc2)CCCC1. The Balaban J connectivity index is 1.86. The molecule has 1 aromatic rings. The zero-order chi connectivity index (χ0) is 13.1. The van der Waals surface area contributed by atoms with E-state index in [0.717, 1.165) is 12.8 Å². The number of hydrogen-bond acceptors (Lipinski definition) is 1. The molecule has 1 saturated carbocycles. The van der Waals surface area contributed by atoms with Gasteiger partial charge in [0.15, 0.2) is 0 Å². The summed E-state index contributed by atoms with van der Waals surface area (Å²) in [4.78, 5) is 0. The highest BCUT2D eigenvalue weighted by molar-refractivity contribution is 5.20. The lowest BCUT2D eigenvalue weighted by molar-refractivity contribution is -0.00513. The minimum Gasteiger partial charge on any atom is -0.310 e. The van der Waals surface area contributed by atoms with Crippen LogP contribution in [0.3, 0.4) is 0 Å². The van der Waals surface area contributed by atoms with Crippen molar-refractivity contribution in [2.24, 2.45) is 5.41 Å². The lowest BCUT2D eigenvalue weighted by Crippen LogP contribution is -2.37. The maximum Gasteiger partial charge on any atom is 0.285 e. The molecule has 0 bridgehead atoms. The monoisotopic (exact) mass is 253 g/mol. The van der Waals surface area contributed by atoms with Crippen molar-refractivity contribution in [2.45, 2.75) is 38.5 Å². The third kappa shape index (κ3) is 3.29. The van der Waals surface area contributed by atoms with Gasteiger partial charge in [-0.2, -0.15) is 8.78 Å². The van der Waals surface area contributed by atoms with E-state index in [1.165, 1.54) is 25.0 Å². The average molecular weight is 253 g/mol. The van der Waals surface area contributed by atoms with E-state index in [1.807, 2.05) is 0 Å². The van der Waals surface area contributed by atoms with E-state index in [1.54, 1.807) is 18.2 Å². The molecule has 0 unspecified atom stereocenters. The molecule has 2 rings (SSSR count). The van der Waals surface area contributed by atoms with Crippen molar-refractivity contribution in [1.29, 1.82) is 0 Å². The van der Waals surface area contributed by atoms with Gasteiger partial charge in [-0.3, -0.25) is 0 Å². The van der Waals surface area contributed by atoms with Gasteiger partial charge in [0, 0.05) is 12.1 Å². The molecule has 0 radical (unpaired) electrons. The predicted molar refractivity (Wildman–Crippen MR) is 69.8 cm³/mol. The van der Waals surface area contributed by atoms with Gasteiger partial charge in [-0.15, -0.1) is 0 Å². The Morgan fingerprint density at radius 2 is 1.78 bits per heavy atom. The quantitative estimate of drug-likeness (QED) is 0.838. The molecule has 0 heterocycles. The zero-order valence-corrected chi connectivity index (χ0v) is 10.9. The second-order valence-corrected chi connectivity index (χ2v) is 5.69. The molecule has 3 heteroatoms. The van der Waals surface area contributed by atoms with Gasteiger partial charge in [0.2, 0.25) is 0 Å². The molecule has 0 spiro atoms. The number of halogens is 2. The van der Waals surface area contributed by atoms with Gasteiger partial charge in [0.05, 0.1) is 6.54 Å². The Morgan fingerprint density at radius 1 is 1.17 bits per heavy atom. The fourth-order valence-corrected chi connectivity index (χ4v) is 2.71. The summed E-state index contributed by atoms with van der Waals surface area (Å²) in [5, 5.41) is 2.96. The fourth-order valence-electron chi connectivity index (χ4n) is 2.71. The molecule has 0 atom stereocenters. The van der Waals surface area contributed by atoms with Gasteiger partial charge in [-0.1, -0.05) is 50.1 Å². The van der Waals surface area contributed by atoms with Crippen LogP contribution in [0.5, 0.6) is 0 Å². The highest BCUT2D eigenvalue weighted by Gasteiger charge is 2.33. The van der Waals surface area contributed by atoms with Gasteiger partial charge in [-0.25, -0.2) is 0 Å². The van der Waals surface area contributed by atoms with Crippen LogP contribution in [0.1, 0.15) is 38.2 Å². The van der Waals surface area contributed by atoms with Crippen molar-refractivity contribution in [2.75, 3.05) is 13.1 Å². The standard InChI is InChI=1S/C15H21F2N/c1-14(9-5-6-10-14)11-18-12-15(16,17)13-7-3-2-4-8-13/h2-4,7-8,18H,5-6,9-12H2,1H3. The van der Waals surface area contributed by atoms with E-state index in [0.29, 0.717) is 6.54 Å². The molecule has 0 aromatic heterocycles. The summed E-state index contributed by atoms with van der Waals surface area (Å²) in [5.41, 5.74) is 0.307.